The monoisotopic (exact) mass is 224 g/mol. The minimum Gasteiger partial charge on any atom is -0.359 e. The third kappa shape index (κ3) is 3.34. The van der Waals surface area contributed by atoms with Crippen molar-refractivity contribution < 1.29 is 0 Å². The molecule has 0 saturated carbocycles. The molecular formula is C11H20N4O. The quantitative estimate of drug-likeness (QED) is 0.781. The molecule has 16 heavy (non-hydrogen) atoms. The van der Waals surface area contributed by atoms with Crippen LogP contribution in [0.25, 0.3) is 0 Å². The predicted molar refractivity (Wildman–Crippen MR) is 65.7 cm³/mol. The summed E-state index contributed by atoms with van der Waals surface area (Å²) in [6.45, 7) is 7.30. The molecule has 1 rings (SSSR count). The Bertz CT molecular complexity index is 411. The van der Waals surface area contributed by atoms with Crippen LogP contribution in [0, 0.1) is 12.3 Å². The summed E-state index contributed by atoms with van der Waals surface area (Å²) in [6.07, 6.45) is 0. The predicted octanol–water partition coefficient (Wildman–Crippen LogP) is 0.499. The average molecular weight is 224 g/mol. The summed E-state index contributed by atoms with van der Waals surface area (Å²) in [4.78, 5) is 20.2. The molecule has 0 aliphatic carbocycles. The molecule has 3 N–H and O–H groups in total. The summed E-state index contributed by atoms with van der Waals surface area (Å²) in [7, 11) is 1.92. The lowest BCUT2D eigenvalue weighted by atomic mass is 9.93. The molecule has 0 unspecified atom stereocenters. The van der Waals surface area contributed by atoms with Crippen LogP contribution in [-0.4, -0.2) is 30.1 Å². The van der Waals surface area contributed by atoms with E-state index in [0.29, 0.717) is 18.2 Å². The van der Waals surface area contributed by atoms with Crippen LogP contribution in [0.1, 0.15) is 19.7 Å². The Kier molecular flexibility index (Phi) is 3.70. The standard InChI is InChI=1S/C11H20N4O/c1-8-13-9(5-10(16)14-8)15(4)7-11(2,3)6-12/h5H,6-7,12H2,1-4H3,(H,13,14,16). The summed E-state index contributed by atoms with van der Waals surface area (Å²) in [5, 5.41) is 0. The van der Waals surface area contributed by atoms with E-state index in [0.717, 1.165) is 6.54 Å². The van der Waals surface area contributed by atoms with Gasteiger partial charge in [0.15, 0.2) is 0 Å². The van der Waals surface area contributed by atoms with Crippen molar-refractivity contribution in [2.75, 3.05) is 25.0 Å². The zero-order chi connectivity index (χ0) is 12.3. The van der Waals surface area contributed by atoms with Crippen molar-refractivity contribution >= 4 is 5.82 Å². The van der Waals surface area contributed by atoms with E-state index in [1.165, 1.54) is 6.07 Å². The van der Waals surface area contributed by atoms with Crippen molar-refractivity contribution in [2.45, 2.75) is 20.8 Å². The van der Waals surface area contributed by atoms with Crippen LogP contribution >= 0.6 is 0 Å². The van der Waals surface area contributed by atoms with Crippen molar-refractivity contribution in [2.24, 2.45) is 11.1 Å². The highest BCUT2D eigenvalue weighted by Crippen LogP contribution is 2.17. The molecule has 1 aromatic rings. The van der Waals surface area contributed by atoms with Crippen molar-refractivity contribution in [1.82, 2.24) is 9.97 Å². The highest BCUT2D eigenvalue weighted by atomic mass is 16.1. The minimum absolute atomic E-state index is 0.00688. The number of nitrogens with one attached hydrogen (secondary N) is 1. The highest BCUT2D eigenvalue weighted by molar-refractivity contribution is 5.36. The molecule has 1 aromatic heterocycles. The lowest BCUT2D eigenvalue weighted by molar-refractivity contribution is 0.384. The van der Waals surface area contributed by atoms with Gasteiger partial charge in [0.2, 0.25) is 0 Å². The lowest BCUT2D eigenvalue weighted by Gasteiger charge is -2.29. The normalized spacial score (nSPS) is 11.6. The molecule has 5 nitrogen and oxygen atoms in total. The van der Waals surface area contributed by atoms with Crippen LogP contribution < -0.4 is 16.2 Å². The van der Waals surface area contributed by atoms with Crippen molar-refractivity contribution in [3.8, 4) is 0 Å². The first-order valence-electron chi connectivity index (χ1n) is 5.33. The second-order valence-corrected chi connectivity index (χ2v) is 4.91. The van der Waals surface area contributed by atoms with Crippen LogP contribution in [-0.2, 0) is 0 Å². The molecule has 90 valence electrons. The molecule has 0 aliphatic rings. The zero-order valence-corrected chi connectivity index (χ0v) is 10.4. The van der Waals surface area contributed by atoms with Gasteiger partial charge in [-0.05, 0) is 18.9 Å². The van der Waals surface area contributed by atoms with E-state index in [4.69, 9.17) is 5.73 Å². The fraction of sp³-hybridized carbons (Fsp3) is 0.636. The van der Waals surface area contributed by atoms with Gasteiger partial charge in [0.05, 0.1) is 0 Å². The van der Waals surface area contributed by atoms with Crippen molar-refractivity contribution in [3.63, 3.8) is 0 Å². The topological polar surface area (TPSA) is 75.0 Å². The molecule has 0 spiro atoms. The minimum atomic E-state index is -0.125. The third-order valence-electron chi connectivity index (χ3n) is 2.46. The number of rotatable bonds is 4. The summed E-state index contributed by atoms with van der Waals surface area (Å²) in [5.41, 5.74) is 5.56. The Labute approximate surface area is 95.7 Å². The Balaban J connectivity index is 2.88. The molecule has 1 heterocycles. The maximum Gasteiger partial charge on any atom is 0.252 e. The van der Waals surface area contributed by atoms with E-state index in [1.54, 1.807) is 6.92 Å². The Morgan fingerprint density at radius 3 is 2.69 bits per heavy atom. The van der Waals surface area contributed by atoms with E-state index in [9.17, 15) is 4.79 Å². The van der Waals surface area contributed by atoms with E-state index >= 15 is 0 Å². The second kappa shape index (κ2) is 4.65. The molecular weight excluding hydrogens is 204 g/mol. The Morgan fingerprint density at radius 2 is 2.19 bits per heavy atom. The Hall–Kier alpha value is -1.36. The van der Waals surface area contributed by atoms with Gasteiger partial charge in [0, 0.05) is 19.7 Å². The molecule has 0 atom stereocenters. The first kappa shape index (κ1) is 12.7. The smallest absolute Gasteiger partial charge is 0.252 e. The molecule has 0 radical (unpaired) electrons. The highest BCUT2D eigenvalue weighted by Gasteiger charge is 2.19. The summed E-state index contributed by atoms with van der Waals surface area (Å²) in [5.74, 6) is 1.31. The van der Waals surface area contributed by atoms with Gasteiger partial charge in [0.25, 0.3) is 5.56 Å². The number of nitrogens with zero attached hydrogens (tertiary/aromatic N) is 2. The van der Waals surface area contributed by atoms with Gasteiger partial charge in [0.1, 0.15) is 11.6 Å². The van der Waals surface area contributed by atoms with Gasteiger partial charge in [-0.1, -0.05) is 13.8 Å². The SMILES string of the molecule is Cc1nc(N(C)CC(C)(C)CN)cc(=O)[nH]1. The van der Waals surface area contributed by atoms with Crippen LogP contribution in [0.3, 0.4) is 0 Å². The maximum absolute atomic E-state index is 11.3. The van der Waals surface area contributed by atoms with Crippen LogP contribution in [0.2, 0.25) is 0 Å². The number of anilines is 1. The van der Waals surface area contributed by atoms with Gasteiger partial charge < -0.3 is 15.6 Å². The number of aromatic nitrogens is 2. The molecule has 0 saturated heterocycles. The lowest BCUT2D eigenvalue weighted by Crippen LogP contribution is -2.37. The molecule has 0 amide bonds. The molecule has 0 bridgehead atoms. The van der Waals surface area contributed by atoms with Gasteiger partial charge in [-0.3, -0.25) is 4.79 Å². The van der Waals surface area contributed by atoms with Crippen LogP contribution in [0.4, 0.5) is 5.82 Å². The number of aryl methyl sites for hydroxylation is 1. The third-order valence-corrected chi connectivity index (χ3v) is 2.46. The summed E-state index contributed by atoms with van der Waals surface area (Å²) >= 11 is 0. The molecule has 0 aromatic carbocycles. The number of hydrogen-bond acceptors (Lipinski definition) is 4. The molecule has 0 aliphatic heterocycles. The van der Waals surface area contributed by atoms with E-state index < -0.39 is 0 Å². The fourth-order valence-electron chi connectivity index (χ4n) is 1.55. The fourth-order valence-corrected chi connectivity index (χ4v) is 1.55. The van der Waals surface area contributed by atoms with Gasteiger partial charge in [-0.2, -0.15) is 0 Å². The van der Waals surface area contributed by atoms with Gasteiger partial charge in [-0.15, -0.1) is 0 Å². The van der Waals surface area contributed by atoms with Crippen LogP contribution in [0.5, 0.6) is 0 Å². The van der Waals surface area contributed by atoms with Crippen molar-refractivity contribution in [3.05, 3.63) is 22.2 Å². The number of aromatic amines is 1. The maximum atomic E-state index is 11.3. The number of H-pyrrole nitrogens is 1. The first-order valence-corrected chi connectivity index (χ1v) is 5.33. The number of nitrogens with two attached hydrogens (primary N) is 1. The second-order valence-electron chi connectivity index (χ2n) is 4.91. The largest absolute Gasteiger partial charge is 0.359 e. The summed E-state index contributed by atoms with van der Waals surface area (Å²) in [6, 6.07) is 1.50. The van der Waals surface area contributed by atoms with Gasteiger partial charge in [-0.25, -0.2) is 4.98 Å². The van der Waals surface area contributed by atoms with Crippen LogP contribution in [0.15, 0.2) is 10.9 Å². The zero-order valence-electron chi connectivity index (χ0n) is 10.4. The Morgan fingerprint density at radius 1 is 1.56 bits per heavy atom. The van der Waals surface area contributed by atoms with Gasteiger partial charge >= 0.3 is 0 Å². The summed E-state index contributed by atoms with van der Waals surface area (Å²) < 4.78 is 0. The average Bonchev–Trinajstić information content (AvgIpc) is 2.15. The molecule has 0 fully saturated rings. The van der Waals surface area contributed by atoms with Crippen molar-refractivity contribution in [1.29, 1.82) is 0 Å². The number of hydrogen-bond donors (Lipinski definition) is 2. The molecule has 5 heteroatoms. The van der Waals surface area contributed by atoms with E-state index in [2.05, 4.69) is 23.8 Å². The van der Waals surface area contributed by atoms with E-state index in [-0.39, 0.29) is 11.0 Å². The first-order chi connectivity index (χ1) is 7.34. The van der Waals surface area contributed by atoms with E-state index in [1.807, 2.05) is 11.9 Å².